The van der Waals surface area contributed by atoms with Crippen LogP contribution in [0.4, 0.5) is 20.6 Å². The number of H-pyrrole nitrogens is 2. The van der Waals surface area contributed by atoms with Gasteiger partial charge >= 0.3 is 11.8 Å². The summed E-state index contributed by atoms with van der Waals surface area (Å²) in [5.74, 6) is 4.59. The Kier molecular flexibility index (Phi) is 8.10. The Morgan fingerprint density at radius 1 is 1.18 bits per heavy atom. The normalized spacial score (nSPS) is 17.1. The Morgan fingerprint density at radius 3 is 2.63 bits per heavy atom. The first-order valence-electron chi connectivity index (χ1n) is 12.1. The minimum Gasteiger partial charge on any atom is -0.442 e. The van der Waals surface area contributed by atoms with Gasteiger partial charge in [-0.05, 0) is 18.2 Å². The van der Waals surface area contributed by atoms with Crippen LogP contribution in [0.2, 0.25) is 0 Å². The van der Waals surface area contributed by atoms with Crippen LogP contribution in [0.25, 0.3) is 0 Å². The molecule has 12 nitrogen and oxygen atoms in total. The molecule has 200 valence electrons. The molecule has 2 aromatic rings. The van der Waals surface area contributed by atoms with Crippen LogP contribution in [0.1, 0.15) is 25.3 Å². The van der Waals surface area contributed by atoms with Crippen molar-refractivity contribution in [2.24, 2.45) is 0 Å². The SMILES string of the molecule is CC(=O)NC[C@H]1CN(c2ccc(N3CCN(C(=O)CCC#Cc4c[nH]c(=O)[nH]c4=O)CC3)c(F)c2)C(=O)O1. The number of amides is 3. The molecule has 2 aliphatic heterocycles. The molecule has 0 unspecified atom stereocenters. The molecule has 13 heteroatoms. The predicted octanol–water partition coefficient (Wildman–Crippen LogP) is 0.144. The lowest BCUT2D eigenvalue weighted by atomic mass is 10.2. The number of benzene rings is 1. The molecule has 2 fully saturated rings. The fraction of sp³-hybridized carbons (Fsp3) is 0.400. The van der Waals surface area contributed by atoms with Gasteiger partial charge in [-0.3, -0.25) is 24.3 Å². The molecular weight excluding hydrogens is 499 g/mol. The molecule has 38 heavy (non-hydrogen) atoms. The van der Waals surface area contributed by atoms with Crippen molar-refractivity contribution >= 4 is 29.3 Å². The van der Waals surface area contributed by atoms with E-state index in [-0.39, 0.29) is 43.3 Å². The zero-order chi connectivity index (χ0) is 27.2. The molecule has 0 bridgehead atoms. The monoisotopic (exact) mass is 526 g/mol. The first-order chi connectivity index (χ1) is 18.2. The minimum atomic E-state index is -0.615. The second-order valence-corrected chi connectivity index (χ2v) is 8.84. The van der Waals surface area contributed by atoms with Gasteiger partial charge in [-0.25, -0.2) is 14.0 Å². The van der Waals surface area contributed by atoms with Crippen LogP contribution < -0.4 is 26.4 Å². The molecule has 0 radical (unpaired) electrons. The average molecular weight is 527 g/mol. The van der Waals surface area contributed by atoms with E-state index in [4.69, 9.17) is 4.74 Å². The lowest BCUT2D eigenvalue weighted by Gasteiger charge is -2.36. The average Bonchev–Trinajstić information content (AvgIpc) is 3.26. The van der Waals surface area contributed by atoms with Crippen molar-refractivity contribution in [2.75, 3.05) is 49.1 Å². The van der Waals surface area contributed by atoms with Gasteiger partial charge in [0, 0.05) is 52.1 Å². The van der Waals surface area contributed by atoms with E-state index in [2.05, 4.69) is 27.1 Å². The van der Waals surface area contributed by atoms with Gasteiger partial charge in [0.2, 0.25) is 11.8 Å². The highest BCUT2D eigenvalue weighted by Gasteiger charge is 2.33. The van der Waals surface area contributed by atoms with Crippen molar-refractivity contribution in [3.05, 3.63) is 56.6 Å². The molecule has 3 heterocycles. The number of cyclic esters (lactones) is 1. The summed E-state index contributed by atoms with van der Waals surface area (Å²) in [7, 11) is 0. The minimum absolute atomic E-state index is 0.0912. The Labute approximate surface area is 216 Å². The molecular formula is C25H27FN6O6. The summed E-state index contributed by atoms with van der Waals surface area (Å²) in [5.41, 5.74) is -0.350. The molecule has 3 N–H and O–H groups in total. The second-order valence-electron chi connectivity index (χ2n) is 8.84. The van der Waals surface area contributed by atoms with Crippen LogP contribution in [0.5, 0.6) is 0 Å². The molecule has 0 saturated carbocycles. The van der Waals surface area contributed by atoms with Gasteiger partial charge in [-0.15, -0.1) is 0 Å². The van der Waals surface area contributed by atoms with Crippen molar-refractivity contribution in [1.29, 1.82) is 0 Å². The van der Waals surface area contributed by atoms with Crippen molar-refractivity contribution in [1.82, 2.24) is 20.2 Å². The summed E-state index contributed by atoms with van der Waals surface area (Å²) in [6, 6.07) is 4.52. The van der Waals surface area contributed by atoms with Crippen molar-refractivity contribution in [2.45, 2.75) is 25.9 Å². The van der Waals surface area contributed by atoms with Gasteiger partial charge in [-0.1, -0.05) is 11.8 Å². The molecule has 1 aromatic heterocycles. The molecule has 2 saturated heterocycles. The highest BCUT2D eigenvalue weighted by atomic mass is 19.1. The van der Waals surface area contributed by atoms with E-state index in [1.807, 2.05) is 4.90 Å². The Hall–Kier alpha value is -4.60. The zero-order valence-electron chi connectivity index (χ0n) is 20.7. The van der Waals surface area contributed by atoms with Gasteiger partial charge in [0.25, 0.3) is 5.56 Å². The number of aromatic amines is 2. The maximum Gasteiger partial charge on any atom is 0.414 e. The molecule has 1 aromatic carbocycles. The third-order valence-electron chi connectivity index (χ3n) is 6.17. The number of halogens is 1. The van der Waals surface area contributed by atoms with Crippen LogP contribution in [-0.2, 0) is 14.3 Å². The van der Waals surface area contributed by atoms with E-state index in [1.54, 1.807) is 17.0 Å². The lowest BCUT2D eigenvalue weighted by Crippen LogP contribution is -2.49. The standard InChI is InChI=1S/C25H27FN6O6/c1-16(33)27-14-19-15-32(25(37)38-19)18-6-7-21(20(26)12-18)30-8-10-31(11-9-30)22(34)5-3-2-4-17-13-28-24(36)29-23(17)35/h6-7,12-13,19H,3,5,8-11,14-15H2,1H3,(H,27,33)(H2,28,29,35,36)/t19-/m0/s1. The highest BCUT2D eigenvalue weighted by Crippen LogP contribution is 2.28. The van der Waals surface area contributed by atoms with Crippen molar-refractivity contribution in [3.8, 4) is 11.8 Å². The van der Waals surface area contributed by atoms with Crippen LogP contribution in [-0.4, -0.2) is 78.1 Å². The Balaban J connectivity index is 1.27. The Bertz CT molecular complexity index is 1400. The third-order valence-corrected chi connectivity index (χ3v) is 6.17. The van der Waals surface area contributed by atoms with E-state index in [0.29, 0.717) is 37.6 Å². The first-order valence-corrected chi connectivity index (χ1v) is 12.1. The number of hydrogen-bond donors (Lipinski definition) is 3. The summed E-state index contributed by atoms with van der Waals surface area (Å²) in [6.45, 7) is 3.45. The van der Waals surface area contributed by atoms with Gasteiger partial charge in [0.15, 0.2) is 0 Å². The topological polar surface area (TPSA) is 148 Å². The number of carbonyl (C=O) groups is 3. The quantitative estimate of drug-likeness (QED) is 0.454. The maximum absolute atomic E-state index is 15.0. The largest absolute Gasteiger partial charge is 0.442 e. The number of hydrogen-bond acceptors (Lipinski definition) is 7. The van der Waals surface area contributed by atoms with Crippen LogP contribution in [0.15, 0.2) is 34.0 Å². The number of rotatable bonds is 6. The van der Waals surface area contributed by atoms with E-state index in [0.717, 1.165) is 0 Å². The van der Waals surface area contributed by atoms with Gasteiger partial charge in [-0.2, -0.15) is 0 Å². The number of ether oxygens (including phenoxy) is 1. The Morgan fingerprint density at radius 2 is 1.95 bits per heavy atom. The number of carbonyl (C=O) groups excluding carboxylic acids is 3. The van der Waals surface area contributed by atoms with E-state index < -0.39 is 29.3 Å². The van der Waals surface area contributed by atoms with Gasteiger partial charge in [0.1, 0.15) is 17.5 Å². The fourth-order valence-corrected chi connectivity index (χ4v) is 4.20. The van der Waals surface area contributed by atoms with E-state index >= 15 is 4.39 Å². The summed E-state index contributed by atoms with van der Waals surface area (Å²) >= 11 is 0. The van der Waals surface area contributed by atoms with Gasteiger partial charge < -0.3 is 24.8 Å². The summed E-state index contributed by atoms with van der Waals surface area (Å²) in [4.78, 5) is 67.8. The number of anilines is 2. The molecule has 2 aliphatic rings. The summed E-state index contributed by atoms with van der Waals surface area (Å²) in [6.07, 6.45) is 0.528. The molecule has 4 rings (SSSR count). The number of nitrogens with one attached hydrogen (secondary N) is 3. The first kappa shape index (κ1) is 26.5. The van der Waals surface area contributed by atoms with Crippen molar-refractivity contribution in [3.63, 3.8) is 0 Å². The second kappa shape index (κ2) is 11.6. The molecule has 0 spiro atoms. The zero-order valence-corrected chi connectivity index (χ0v) is 20.7. The smallest absolute Gasteiger partial charge is 0.414 e. The van der Waals surface area contributed by atoms with Crippen LogP contribution in [0, 0.1) is 17.7 Å². The van der Waals surface area contributed by atoms with Crippen molar-refractivity contribution < 1.29 is 23.5 Å². The summed E-state index contributed by atoms with van der Waals surface area (Å²) < 4.78 is 20.2. The molecule has 0 aliphatic carbocycles. The van der Waals surface area contributed by atoms with E-state index in [1.165, 1.54) is 24.1 Å². The number of aromatic nitrogens is 2. The third kappa shape index (κ3) is 6.39. The maximum atomic E-state index is 15.0. The lowest BCUT2D eigenvalue weighted by molar-refractivity contribution is -0.131. The highest BCUT2D eigenvalue weighted by molar-refractivity contribution is 5.90. The predicted molar refractivity (Wildman–Crippen MR) is 135 cm³/mol. The fourth-order valence-electron chi connectivity index (χ4n) is 4.20. The number of nitrogens with zero attached hydrogens (tertiary/aromatic N) is 3. The van der Waals surface area contributed by atoms with E-state index in [9.17, 15) is 24.0 Å². The molecule has 1 atom stereocenters. The number of piperazine rings is 1. The molecule has 3 amide bonds. The van der Waals surface area contributed by atoms with Crippen LogP contribution >= 0.6 is 0 Å². The summed E-state index contributed by atoms with van der Waals surface area (Å²) in [5, 5.41) is 2.60. The van der Waals surface area contributed by atoms with Gasteiger partial charge in [0.05, 0.1) is 24.5 Å². The van der Waals surface area contributed by atoms with Crippen LogP contribution in [0.3, 0.4) is 0 Å².